The maximum Gasteiger partial charge on any atom is 0.184 e. The first-order valence-corrected chi connectivity index (χ1v) is 12.5. The molecule has 27 heavy (non-hydrogen) atoms. The summed E-state index contributed by atoms with van der Waals surface area (Å²) < 4.78 is 26.3. The van der Waals surface area contributed by atoms with Gasteiger partial charge in [0.25, 0.3) is 0 Å². The van der Waals surface area contributed by atoms with E-state index in [-0.39, 0.29) is 6.04 Å². The van der Waals surface area contributed by atoms with Gasteiger partial charge in [0, 0.05) is 0 Å². The molecule has 0 aromatic heterocycles. The number of hydrogen-bond donors (Lipinski definition) is 2. The van der Waals surface area contributed by atoms with Crippen LogP contribution >= 0.6 is 0 Å². The van der Waals surface area contributed by atoms with Crippen molar-refractivity contribution >= 4 is 9.84 Å². The summed E-state index contributed by atoms with van der Waals surface area (Å²) in [6.45, 7) is 12.3. The van der Waals surface area contributed by atoms with Gasteiger partial charge in [0.15, 0.2) is 15.9 Å². The molecule has 0 amide bonds. The minimum absolute atomic E-state index is 0.215. The third-order valence-electron chi connectivity index (χ3n) is 6.81. The Bertz CT molecular complexity index is 686. The monoisotopic (exact) mass is 394 g/mol. The molecule has 0 saturated carbocycles. The van der Waals surface area contributed by atoms with Crippen LogP contribution in [0.5, 0.6) is 0 Å². The van der Waals surface area contributed by atoms with Gasteiger partial charge in [-0.2, -0.15) is 0 Å². The predicted octanol–water partition coefficient (Wildman–Crippen LogP) is 0.767. The molecule has 2 fully saturated rings. The van der Waals surface area contributed by atoms with Gasteiger partial charge in [-0.3, -0.25) is 0 Å². The Morgan fingerprint density at radius 2 is 1.44 bits per heavy atom. The van der Waals surface area contributed by atoms with E-state index >= 15 is 0 Å². The molecule has 0 radical (unpaired) electrons. The van der Waals surface area contributed by atoms with Crippen LogP contribution in [0.4, 0.5) is 0 Å². The Morgan fingerprint density at radius 1 is 0.926 bits per heavy atom. The van der Waals surface area contributed by atoms with E-state index in [0.29, 0.717) is 10.6 Å². The topological polar surface area (TPSA) is 43.0 Å². The molecular formula is C22H38N2O2S+2. The highest BCUT2D eigenvalue weighted by molar-refractivity contribution is 7.91. The lowest BCUT2D eigenvalue weighted by Crippen LogP contribution is -3.24. The van der Waals surface area contributed by atoms with Crippen LogP contribution in [-0.2, 0) is 9.84 Å². The van der Waals surface area contributed by atoms with Crippen molar-refractivity contribution in [2.45, 2.75) is 57.4 Å². The van der Waals surface area contributed by atoms with Crippen LogP contribution in [0, 0.1) is 18.8 Å². The number of sulfone groups is 1. The van der Waals surface area contributed by atoms with Gasteiger partial charge in [-0.1, -0.05) is 31.5 Å². The first kappa shape index (κ1) is 20.8. The summed E-state index contributed by atoms with van der Waals surface area (Å²) in [5.74, 6) is 1.90. The molecule has 2 saturated heterocycles. The number of rotatable bonds is 6. The number of hydrogen-bond acceptors (Lipinski definition) is 2. The zero-order valence-corrected chi connectivity index (χ0v) is 18.2. The summed E-state index contributed by atoms with van der Waals surface area (Å²) in [6, 6.07) is 7.60. The second-order valence-corrected chi connectivity index (χ2v) is 11.3. The first-order chi connectivity index (χ1) is 12.8. The summed E-state index contributed by atoms with van der Waals surface area (Å²) in [4.78, 5) is 3.63. The lowest BCUT2D eigenvalue weighted by Gasteiger charge is -2.36. The van der Waals surface area contributed by atoms with Crippen LogP contribution in [-0.4, -0.2) is 52.9 Å². The van der Waals surface area contributed by atoms with Crippen LogP contribution in [0.15, 0.2) is 29.2 Å². The maximum atomic E-state index is 13.1. The zero-order valence-electron chi connectivity index (χ0n) is 17.3. The highest BCUT2D eigenvalue weighted by Gasteiger charge is 2.35. The summed E-state index contributed by atoms with van der Waals surface area (Å²) in [6.07, 6.45) is 5.00. The van der Waals surface area contributed by atoms with Crippen molar-refractivity contribution < 1.29 is 18.2 Å². The number of likely N-dealkylation sites (tertiary alicyclic amines) is 2. The molecule has 1 aromatic carbocycles. The molecule has 0 spiro atoms. The van der Waals surface area contributed by atoms with E-state index in [2.05, 4.69) is 13.8 Å². The van der Waals surface area contributed by atoms with Gasteiger partial charge in [-0.25, -0.2) is 8.42 Å². The summed E-state index contributed by atoms with van der Waals surface area (Å²) in [5, 5.41) is 0. The van der Waals surface area contributed by atoms with Crippen LogP contribution in [0.2, 0.25) is 0 Å². The van der Waals surface area contributed by atoms with Gasteiger partial charge in [-0.15, -0.1) is 0 Å². The van der Waals surface area contributed by atoms with Crippen molar-refractivity contribution in [3.05, 3.63) is 29.8 Å². The number of benzene rings is 1. The molecule has 4 nitrogen and oxygen atoms in total. The number of aryl methyl sites for hydroxylation is 1. The average molecular weight is 395 g/mol. The van der Waals surface area contributed by atoms with Crippen LogP contribution in [0.3, 0.4) is 0 Å². The second kappa shape index (κ2) is 9.06. The molecule has 2 heterocycles. The van der Waals surface area contributed by atoms with E-state index in [9.17, 15) is 8.42 Å². The Kier molecular flexibility index (Phi) is 6.98. The van der Waals surface area contributed by atoms with E-state index in [1.165, 1.54) is 43.7 Å². The largest absolute Gasteiger partial charge is 0.330 e. The SMILES string of the molecule is Cc1ccc(S(=O)(=O)C[C@H](C[NH+]2CCC(C)CC2)[NH+]2CCC(C)CC2)cc1. The number of quaternary nitrogens is 2. The Balaban J connectivity index is 1.73. The van der Waals surface area contributed by atoms with Crippen LogP contribution in [0.1, 0.15) is 45.1 Å². The predicted molar refractivity (Wildman–Crippen MR) is 110 cm³/mol. The molecule has 0 aliphatic carbocycles. The molecule has 2 aliphatic rings. The molecule has 0 unspecified atom stereocenters. The minimum atomic E-state index is -3.23. The zero-order chi connectivity index (χ0) is 19.4. The Morgan fingerprint density at radius 3 is 2.00 bits per heavy atom. The van der Waals surface area contributed by atoms with Crippen molar-refractivity contribution in [2.24, 2.45) is 11.8 Å². The van der Waals surface area contributed by atoms with Crippen molar-refractivity contribution in [1.29, 1.82) is 0 Å². The molecule has 2 N–H and O–H groups in total. The fraction of sp³-hybridized carbons (Fsp3) is 0.727. The standard InChI is InChI=1S/C22H36N2O2S/c1-18-4-6-22(7-5-18)27(25,26)17-21(24-14-10-20(3)11-15-24)16-23-12-8-19(2)9-13-23/h4-7,19-21H,8-17H2,1-3H3/p+2/t21-/m0/s1. The van der Waals surface area contributed by atoms with E-state index in [1.54, 1.807) is 17.0 Å². The molecule has 5 heteroatoms. The summed E-state index contributed by atoms with van der Waals surface area (Å²) in [5.41, 5.74) is 1.10. The van der Waals surface area contributed by atoms with Crippen LogP contribution in [0.25, 0.3) is 0 Å². The van der Waals surface area contributed by atoms with Gasteiger partial charge < -0.3 is 9.80 Å². The van der Waals surface area contributed by atoms with E-state index in [4.69, 9.17) is 0 Å². The number of nitrogens with one attached hydrogen (secondary N) is 2. The molecular weight excluding hydrogens is 356 g/mol. The second-order valence-electron chi connectivity index (χ2n) is 9.27. The van der Waals surface area contributed by atoms with E-state index < -0.39 is 9.84 Å². The van der Waals surface area contributed by atoms with Crippen molar-refractivity contribution in [2.75, 3.05) is 38.5 Å². The average Bonchev–Trinajstić information content (AvgIpc) is 2.64. The maximum absolute atomic E-state index is 13.1. The lowest BCUT2D eigenvalue weighted by atomic mass is 9.97. The molecule has 1 aromatic rings. The van der Waals surface area contributed by atoms with Gasteiger partial charge in [-0.05, 0) is 56.6 Å². The molecule has 0 bridgehead atoms. The first-order valence-electron chi connectivity index (χ1n) is 10.8. The Labute approximate surface area is 165 Å². The van der Waals surface area contributed by atoms with Gasteiger partial charge >= 0.3 is 0 Å². The smallest absolute Gasteiger partial charge is 0.184 e. The van der Waals surface area contributed by atoms with Crippen LogP contribution < -0.4 is 9.80 Å². The van der Waals surface area contributed by atoms with Crippen molar-refractivity contribution in [3.8, 4) is 0 Å². The quantitative estimate of drug-likeness (QED) is 0.748. The summed E-state index contributed by atoms with van der Waals surface area (Å²) >= 11 is 0. The van der Waals surface area contributed by atoms with Gasteiger partial charge in [0.2, 0.25) is 0 Å². The van der Waals surface area contributed by atoms with Crippen molar-refractivity contribution in [3.63, 3.8) is 0 Å². The fourth-order valence-corrected chi connectivity index (χ4v) is 6.32. The van der Waals surface area contributed by atoms with E-state index in [1.807, 2.05) is 19.1 Å². The fourth-order valence-electron chi connectivity index (χ4n) is 4.69. The minimum Gasteiger partial charge on any atom is -0.330 e. The normalized spacial score (nSPS) is 30.8. The highest BCUT2D eigenvalue weighted by atomic mass is 32.2. The third-order valence-corrected chi connectivity index (χ3v) is 8.64. The van der Waals surface area contributed by atoms with Crippen molar-refractivity contribution in [1.82, 2.24) is 0 Å². The summed E-state index contributed by atoms with van der Waals surface area (Å²) in [7, 11) is -3.23. The lowest BCUT2D eigenvalue weighted by molar-refractivity contribution is -0.980. The number of piperidine rings is 2. The van der Waals surface area contributed by atoms with Gasteiger partial charge in [0.1, 0.15) is 12.3 Å². The van der Waals surface area contributed by atoms with Gasteiger partial charge in [0.05, 0.1) is 31.1 Å². The highest BCUT2D eigenvalue weighted by Crippen LogP contribution is 2.14. The molecule has 3 rings (SSSR count). The Hall–Kier alpha value is -0.910. The van der Waals surface area contributed by atoms with E-state index in [0.717, 1.165) is 37.0 Å². The molecule has 2 aliphatic heterocycles. The molecule has 1 atom stereocenters. The molecule has 152 valence electrons. The third kappa shape index (κ3) is 5.78.